The van der Waals surface area contributed by atoms with Gasteiger partial charge in [-0.05, 0) is 42.8 Å². The van der Waals surface area contributed by atoms with E-state index in [0.29, 0.717) is 16.9 Å². The molecule has 4 heteroatoms. The zero-order valence-electron chi connectivity index (χ0n) is 11.7. The molecule has 1 heterocycles. The molecule has 1 aliphatic heterocycles. The predicted octanol–water partition coefficient (Wildman–Crippen LogP) is 3.64. The Morgan fingerprint density at radius 1 is 1.19 bits per heavy atom. The minimum Gasteiger partial charge on any atom is -0.496 e. The molecule has 0 aromatic heterocycles. The van der Waals surface area contributed by atoms with Crippen molar-refractivity contribution in [2.75, 3.05) is 12.4 Å². The van der Waals surface area contributed by atoms with E-state index in [-0.39, 0.29) is 11.7 Å². The summed E-state index contributed by atoms with van der Waals surface area (Å²) < 4.78 is 18.6. The number of anilines is 1. The molecule has 0 spiro atoms. The minimum absolute atomic E-state index is 0.193. The van der Waals surface area contributed by atoms with Crippen molar-refractivity contribution in [3.63, 3.8) is 0 Å². The van der Waals surface area contributed by atoms with Crippen LogP contribution in [-0.2, 0) is 4.79 Å². The number of nitrogens with one attached hydrogen (secondary N) is 1. The van der Waals surface area contributed by atoms with Crippen LogP contribution >= 0.6 is 0 Å². The summed E-state index contributed by atoms with van der Waals surface area (Å²) in [4.78, 5) is 12.1. The van der Waals surface area contributed by atoms with Crippen LogP contribution in [0.3, 0.4) is 0 Å². The Balaban J connectivity index is 2.13. The standard InChI is InChI=1S/C17H14FNO2/c1-10-3-5-13-14(17(20)19-15(13)7-10)9-11-8-12(18)4-6-16(11)21-2/h3-9H,1-2H3,(H,19,20)/b14-9+. The SMILES string of the molecule is COc1ccc(F)cc1/C=C1/C(=O)Nc2cc(C)ccc21. The Kier molecular flexibility index (Phi) is 3.22. The first-order chi connectivity index (χ1) is 10.1. The summed E-state index contributed by atoms with van der Waals surface area (Å²) in [5, 5.41) is 2.82. The third-order valence-electron chi connectivity index (χ3n) is 3.45. The molecule has 0 unspecified atom stereocenters. The maximum atomic E-state index is 13.4. The van der Waals surface area contributed by atoms with Gasteiger partial charge >= 0.3 is 0 Å². The molecule has 1 aliphatic rings. The fourth-order valence-electron chi connectivity index (χ4n) is 2.43. The van der Waals surface area contributed by atoms with E-state index in [2.05, 4.69) is 5.32 Å². The third-order valence-corrected chi connectivity index (χ3v) is 3.45. The molecular formula is C17H14FNO2. The molecule has 0 bridgehead atoms. The molecule has 0 radical (unpaired) electrons. The van der Waals surface area contributed by atoms with Gasteiger partial charge in [-0.15, -0.1) is 0 Å². The molecule has 3 nitrogen and oxygen atoms in total. The summed E-state index contributed by atoms with van der Waals surface area (Å²) in [5.41, 5.74) is 3.71. The number of carbonyl (C=O) groups is 1. The van der Waals surface area contributed by atoms with Gasteiger partial charge in [0.2, 0.25) is 0 Å². The first-order valence-electron chi connectivity index (χ1n) is 6.56. The molecule has 1 amide bonds. The Labute approximate surface area is 122 Å². The second-order valence-electron chi connectivity index (χ2n) is 4.95. The van der Waals surface area contributed by atoms with Crippen molar-refractivity contribution in [3.8, 4) is 5.75 Å². The average Bonchev–Trinajstić information content (AvgIpc) is 2.74. The van der Waals surface area contributed by atoms with Gasteiger partial charge in [-0.25, -0.2) is 4.39 Å². The predicted molar refractivity (Wildman–Crippen MR) is 80.6 cm³/mol. The summed E-state index contributed by atoms with van der Waals surface area (Å²) in [5.74, 6) is -0.0376. The molecule has 3 rings (SSSR count). The fraction of sp³-hybridized carbons (Fsp3) is 0.118. The lowest BCUT2D eigenvalue weighted by Gasteiger charge is -2.06. The number of rotatable bonds is 2. The molecule has 0 fully saturated rings. The van der Waals surface area contributed by atoms with Crippen LogP contribution in [0.1, 0.15) is 16.7 Å². The third kappa shape index (κ3) is 2.40. The van der Waals surface area contributed by atoms with E-state index in [4.69, 9.17) is 4.74 Å². The molecule has 0 aliphatic carbocycles. The van der Waals surface area contributed by atoms with Crippen LogP contribution in [0.2, 0.25) is 0 Å². The summed E-state index contributed by atoms with van der Waals surface area (Å²) in [7, 11) is 1.52. The van der Waals surface area contributed by atoms with Gasteiger partial charge in [0.1, 0.15) is 11.6 Å². The first-order valence-corrected chi connectivity index (χ1v) is 6.56. The van der Waals surface area contributed by atoms with Crippen molar-refractivity contribution < 1.29 is 13.9 Å². The average molecular weight is 283 g/mol. The highest BCUT2D eigenvalue weighted by Crippen LogP contribution is 2.35. The number of fused-ring (bicyclic) bond motifs is 1. The molecule has 1 N–H and O–H groups in total. The van der Waals surface area contributed by atoms with Crippen LogP contribution in [0, 0.1) is 12.7 Å². The van der Waals surface area contributed by atoms with Crippen molar-refractivity contribution in [3.05, 3.63) is 58.9 Å². The zero-order chi connectivity index (χ0) is 15.0. The second-order valence-corrected chi connectivity index (χ2v) is 4.95. The summed E-state index contributed by atoms with van der Waals surface area (Å²) in [6.07, 6.45) is 1.65. The lowest BCUT2D eigenvalue weighted by molar-refractivity contribution is -0.110. The van der Waals surface area contributed by atoms with E-state index in [9.17, 15) is 9.18 Å². The molecule has 2 aromatic carbocycles. The highest BCUT2D eigenvalue weighted by Gasteiger charge is 2.24. The first kappa shape index (κ1) is 13.4. The van der Waals surface area contributed by atoms with Gasteiger partial charge in [-0.3, -0.25) is 4.79 Å². The lowest BCUT2D eigenvalue weighted by atomic mass is 10.0. The van der Waals surface area contributed by atoms with Crippen LogP contribution < -0.4 is 10.1 Å². The van der Waals surface area contributed by atoms with Gasteiger partial charge in [-0.1, -0.05) is 12.1 Å². The van der Waals surface area contributed by atoms with Crippen LogP contribution in [0.5, 0.6) is 5.75 Å². The Hall–Kier alpha value is -2.62. The molecular weight excluding hydrogens is 269 g/mol. The van der Waals surface area contributed by atoms with Crippen molar-refractivity contribution in [2.24, 2.45) is 0 Å². The molecule has 0 saturated carbocycles. The van der Waals surface area contributed by atoms with E-state index in [1.54, 1.807) is 12.1 Å². The number of aryl methyl sites for hydroxylation is 1. The van der Waals surface area contributed by atoms with Gasteiger partial charge in [0.25, 0.3) is 5.91 Å². The van der Waals surface area contributed by atoms with Crippen molar-refractivity contribution in [2.45, 2.75) is 6.92 Å². The number of amides is 1. The fourth-order valence-corrected chi connectivity index (χ4v) is 2.43. The summed E-state index contributed by atoms with van der Waals surface area (Å²) >= 11 is 0. The van der Waals surface area contributed by atoms with E-state index in [0.717, 1.165) is 16.8 Å². The van der Waals surface area contributed by atoms with Gasteiger partial charge in [0.05, 0.1) is 7.11 Å². The van der Waals surface area contributed by atoms with E-state index in [1.807, 2.05) is 25.1 Å². The van der Waals surface area contributed by atoms with E-state index in [1.165, 1.54) is 19.2 Å². The number of ether oxygens (including phenoxy) is 1. The van der Waals surface area contributed by atoms with Gasteiger partial charge in [-0.2, -0.15) is 0 Å². The van der Waals surface area contributed by atoms with Crippen LogP contribution in [-0.4, -0.2) is 13.0 Å². The quantitative estimate of drug-likeness (QED) is 0.855. The highest BCUT2D eigenvalue weighted by molar-refractivity contribution is 6.35. The minimum atomic E-state index is -0.370. The van der Waals surface area contributed by atoms with Crippen molar-refractivity contribution in [1.82, 2.24) is 0 Å². The second kappa shape index (κ2) is 5.05. The van der Waals surface area contributed by atoms with E-state index < -0.39 is 0 Å². The largest absolute Gasteiger partial charge is 0.496 e. The number of hydrogen-bond acceptors (Lipinski definition) is 2. The summed E-state index contributed by atoms with van der Waals surface area (Å²) in [6, 6.07) is 9.97. The normalized spacial score (nSPS) is 15.0. The smallest absolute Gasteiger partial charge is 0.256 e. The number of benzene rings is 2. The maximum absolute atomic E-state index is 13.4. The molecule has 106 valence electrons. The van der Waals surface area contributed by atoms with Crippen molar-refractivity contribution in [1.29, 1.82) is 0 Å². The molecule has 0 atom stereocenters. The number of hydrogen-bond donors (Lipinski definition) is 1. The molecule has 2 aromatic rings. The van der Waals surface area contributed by atoms with E-state index >= 15 is 0 Å². The van der Waals surface area contributed by atoms with Gasteiger partial charge in [0, 0.05) is 22.4 Å². The van der Waals surface area contributed by atoms with Crippen LogP contribution in [0.15, 0.2) is 36.4 Å². The number of methoxy groups -OCH3 is 1. The maximum Gasteiger partial charge on any atom is 0.256 e. The Bertz CT molecular complexity index is 765. The monoisotopic (exact) mass is 283 g/mol. The van der Waals surface area contributed by atoms with Gasteiger partial charge < -0.3 is 10.1 Å². The zero-order valence-corrected chi connectivity index (χ0v) is 11.7. The lowest BCUT2D eigenvalue weighted by Crippen LogP contribution is -2.03. The molecule has 0 saturated heterocycles. The van der Waals surface area contributed by atoms with Crippen LogP contribution in [0.25, 0.3) is 11.6 Å². The summed E-state index contributed by atoms with van der Waals surface area (Å²) in [6.45, 7) is 1.96. The highest BCUT2D eigenvalue weighted by atomic mass is 19.1. The van der Waals surface area contributed by atoms with Gasteiger partial charge in [0.15, 0.2) is 0 Å². The number of halogens is 1. The Morgan fingerprint density at radius 3 is 2.76 bits per heavy atom. The van der Waals surface area contributed by atoms with Crippen LogP contribution in [0.4, 0.5) is 10.1 Å². The van der Waals surface area contributed by atoms with Crippen molar-refractivity contribution >= 4 is 23.2 Å². The topological polar surface area (TPSA) is 38.3 Å². The molecule has 21 heavy (non-hydrogen) atoms. The number of carbonyl (C=O) groups excluding carboxylic acids is 1. The Morgan fingerprint density at radius 2 is 2.00 bits per heavy atom.